The smallest absolute Gasteiger partial charge is 0.258 e. The molecule has 0 saturated carbocycles. The average Bonchev–Trinajstić information content (AvgIpc) is 2.49. The van der Waals surface area contributed by atoms with E-state index in [0.29, 0.717) is 12.2 Å². The van der Waals surface area contributed by atoms with Crippen molar-refractivity contribution < 1.29 is 5.32 Å². The van der Waals surface area contributed by atoms with Gasteiger partial charge in [-0.15, -0.1) is 0 Å². The summed E-state index contributed by atoms with van der Waals surface area (Å²) in [5.74, 6) is 0. The second-order valence-electron chi connectivity index (χ2n) is 5.31. The van der Waals surface area contributed by atoms with E-state index in [2.05, 4.69) is 10.3 Å². The summed E-state index contributed by atoms with van der Waals surface area (Å²) in [5, 5.41) is 2.86. The number of fused-ring (bicyclic) bond motifs is 1. The minimum Gasteiger partial charge on any atom is -0.337 e. The van der Waals surface area contributed by atoms with Gasteiger partial charge < -0.3 is 5.32 Å². The second kappa shape index (κ2) is 6.30. The van der Waals surface area contributed by atoms with Crippen molar-refractivity contribution in [2.75, 3.05) is 0 Å². The van der Waals surface area contributed by atoms with E-state index in [-0.39, 0.29) is 5.56 Å². The normalized spacial score (nSPS) is 11.0. The van der Waals surface area contributed by atoms with Crippen molar-refractivity contribution in [3.63, 3.8) is 0 Å². The molecule has 0 aliphatic rings. The van der Waals surface area contributed by atoms with Crippen molar-refractivity contribution >= 4 is 17.2 Å². The lowest BCUT2D eigenvalue weighted by molar-refractivity contribution is -0.686. The highest BCUT2D eigenvalue weighted by Gasteiger charge is 2.05. The standard InChI is InChI=1S/C17H16ClN3O/c1-12-6-7-21-16(8-12)20-14(9-17(21)22)11-19-10-13-4-2-3-5-15(13)18/h2-9,19H,10-11H2,1H3/p+1. The summed E-state index contributed by atoms with van der Waals surface area (Å²) in [4.78, 5) is 16.6. The quantitative estimate of drug-likeness (QED) is 0.800. The number of nitrogens with zero attached hydrogens (tertiary/aromatic N) is 2. The third-order valence-electron chi connectivity index (χ3n) is 3.55. The van der Waals surface area contributed by atoms with Crippen LogP contribution in [0.2, 0.25) is 5.02 Å². The van der Waals surface area contributed by atoms with E-state index in [1.807, 2.05) is 43.3 Å². The molecule has 0 atom stereocenters. The maximum atomic E-state index is 12.1. The van der Waals surface area contributed by atoms with Crippen molar-refractivity contribution in [2.24, 2.45) is 0 Å². The number of aromatic nitrogens is 2. The van der Waals surface area contributed by atoms with Gasteiger partial charge in [0, 0.05) is 22.8 Å². The lowest BCUT2D eigenvalue weighted by Gasteiger charge is -2.05. The van der Waals surface area contributed by atoms with Crippen molar-refractivity contribution in [1.29, 1.82) is 0 Å². The number of halogens is 1. The molecule has 0 aliphatic carbocycles. The topological polar surface area (TPSA) is 51.0 Å². The van der Waals surface area contributed by atoms with Crippen LogP contribution in [0, 0.1) is 6.92 Å². The fourth-order valence-electron chi connectivity index (χ4n) is 2.40. The highest BCUT2D eigenvalue weighted by Crippen LogP contribution is 2.13. The van der Waals surface area contributed by atoms with E-state index < -0.39 is 0 Å². The highest BCUT2D eigenvalue weighted by molar-refractivity contribution is 6.31. The molecule has 0 fully saturated rings. The molecule has 3 rings (SSSR count). The summed E-state index contributed by atoms with van der Waals surface area (Å²) in [6.07, 6.45) is 1.76. The summed E-state index contributed by atoms with van der Waals surface area (Å²) in [6, 6.07) is 13.2. The average molecular weight is 315 g/mol. The Hall–Kier alpha value is -2.17. The number of pyridine rings is 1. The van der Waals surface area contributed by atoms with Gasteiger partial charge in [0.2, 0.25) is 0 Å². The Kier molecular flexibility index (Phi) is 4.22. The number of quaternary nitrogens is 1. The Morgan fingerprint density at radius 3 is 2.82 bits per heavy atom. The number of aryl methyl sites for hydroxylation is 1. The molecule has 0 unspecified atom stereocenters. The third-order valence-corrected chi connectivity index (χ3v) is 3.92. The van der Waals surface area contributed by atoms with Gasteiger partial charge in [0.25, 0.3) is 5.56 Å². The lowest BCUT2D eigenvalue weighted by atomic mass is 10.2. The molecule has 0 saturated heterocycles. The zero-order valence-corrected chi connectivity index (χ0v) is 13.0. The van der Waals surface area contributed by atoms with E-state index in [1.165, 1.54) is 0 Å². The first-order valence-corrected chi connectivity index (χ1v) is 7.55. The number of benzene rings is 1. The zero-order valence-electron chi connectivity index (χ0n) is 12.3. The van der Waals surface area contributed by atoms with Gasteiger partial charge in [0.15, 0.2) is 0 Å². The van der Waals surface area contributed by atoms with E-state index in [4.69, 9.17) is 11.6 Å². The van der Waals surface area contributed by atoms with Gasteiger partial charge in [-0.05, 0) is 30.7 Å². The molecular weight excluding hydrogens is 298 g/mol. The predicted octanol–water partition coefficient (Wildman–Crippen LogP) is 1.92. The monoisotopic (exact) mass is 314 g/mol. The van der Waals surface area contributed by atoms with Crippen LogP contribution in [0.5, 0.6) is 0 Å². The molecular formula is C17H17ClN3O+. The molecule has 2 heterocycles. The molecule has 2 aromatic heterocycles. The second-order valence-corrected chi connectivity index (χ2v) is 5.71. The van der Waals surface area contributed by atoms with Crippen LogP contribution in [-0.2, 0) is 13.1 Å². The van der Waals surface area contributed by atoms with Crippen LogP contribution in [-0.4, -0.2) is 9.38 Å². The first-order valence-electron chi connectivity index (χ1n) is 7.17. The molecule has 4 nitrogen and oxygen atoms in total. The minimum atomic E-state index is -0.0499. The molecule has 5 heteroatoms. The molecule has 3 aromatic rings. The molecule has 2 N–H and O–H groups in total. The number of hydrogen-bond acceptors (Lipinski definition) is 2. The Labute approximate surface area is 133 Å². The summed E-state index contributed by atoms with van der Waals surface area (Å²) >= 11 is 6.14. The Morgan fingerprint density at radius 2 is 2.00 bits per heavy atom. The van der Waals surface area contributed by atoms with Crippen molar-refractivity contribution in [3.8, 4) is 0 Å². The molecule has 0 aliphatic heterocycles. The number of hydrogen-bond donors (Lipinski definition) is 1. The van der Waals surface area contributed by atoms with E-state index in [9.17, 15) is 4.79 Å². The molecule has 22 heavy (non-hydrogen) atoms. The first-order chi connectivity index (χ1) is 10.6. The molecule has 0 amide bonds. The third kappa shape index (κ3) is 3.18. The van der Waals surface area contributed by atoms with Crippen LogP contribution in [0.15, 0.2) is 53.5 Å². The Balaban J connectivity index is 1.77. The molecule has 112 valence electrons. The van der Waals surface area contributed by atoms with E-state index >= 15 is 0 Å². The van der Waals surface area contributed by atoms with Crippen LogP contribution >= 0.6 is 11.6 Å². The molecule has 0 spiro atoms. The fraction of sp³-hybridized carbons (Fsp3) is 0.176. The fourth-order valence-corrected chi connectivity index (χ4v) is 2.61. The van der Waals surface area contributed by atoms with Crippen LogP contribution in [0.25, 0.3) is 5.65 Å². The molecule has 0 bridgehead atoms. The largest absolute Gasteiger partial charge is 0.337 e. The highest BCUT2D eigenvalue weighted by atomic mass is 35.5. The van der Waals surface area contributed by atoms with Gasteiger partial charge in [-0.1, -0.05) is 29.8 Å². The molecule has 1 aromatic carbocycles. The van der Waals surface area contributed by atoms with Gasteiger partial charge >= 0.3 is 0 Å². The summed E-state index contributed by atoms with van der Waals surface area (Å²) in [6.45, 7) is 3.39. The minimum absolute atomic E-state index is 0.0499. The lowest BCUT2D eigenvalue weighted by Crippen LogP contribution is -2.81. The summed E-state index contributed by atoms with van der Waals surface area (Å²) in [7, 11) is 0. The van der Waals surface area contributed by atoms with Gasteiger partial charge in [0.1, 0.15) is 24.4 Å². The van der Waals surface area contributed by atoms with Crippen molar-refractivity contribution in [1.82, 2.24) is 9.38 Å². The van der Waals surface area contributed by atoms with Crippen LogP contribution in [0.1, 0.15) is 16.8 Å². The predicted molar refractivity (Wildman–Crippen MR) is 87.0 cm³/mol. The van der Waals surface area contributed by atoms with Crippen molar-refractivity contribution in [2.45, 2.75) is 20.0 Å². The number of rotatable bonds is 4. The summed E-state index contributed by atoms with van der Waals surface area (Å²) < 4.78 is 1.56. The van der Waals surface area contributed by atoms with E-state index in [0.717, 1.165) is 28.4 Å². The zero-order chi connectivity index (χ0) is 15.5. The van der Waals surface area contributed by atoms with Gasteiger partial charge in [-0.25, -0.2) is 4.98 Å². The van der Waals surface area contributed by atoms with Crippen molar-refractivity contribution in [3.05, 3.63) is 80.9 Å². The van der Waals surface area contributed by atoms with Gasteiger partial charge in [0.05, 0.1) is 0 Å². The Bertz CT molecular complexity index is 873. The maximum absolute atomic E-state index is 12.1. The maximum Gasteiger partial charge on any atom is 0.258 e. The summed E-state index contributed by atoms with van der Waals surface area (Å²) in [5.41, 5.74) is 3.59. The Morgan fingerprint density at radius 1 is 1.18 bits per heavy atom. The van der Waals surface area contributed by atoms with Crippen LogP contribution < -0.4 is 10.9 Å². The van der Waals surface area contributed by atoms with Gasteiger partial charge in [-0.3, -0.25) is 9.20 Å². The molecule has 0 radical (unpaired) electrons. The van der Waals surface area contributed by atoms with Crippen LogP contribution in [0.4, 0.5) is 0 Å². The van der Waals surface area contributed by atoms with Gasteiger partial charge in [-0.2, -0.15) is 0 Å². The van der Waals surface area contributed by atoms with Crippen LogP contribution in [0.3, 0.4) is 0 Å². The first kappa shape index (κ1) is 14.8. The van der Waals surface area contributed by atoms with E-state index in [1.54, 1.807) is 16.7 Å². The number of nitrogens with two attached hydrogens (primary N) is 1. The SMILES string of the molecule is Cc1ccn2c(=O)cc(C[NH2+]Cc3ccccc3Cl)nc2c1.